The number of carbonyl (C=O) groups is 1. The first-order chi connectivity index (χ1) is 8.99. The summed E-state index contributed by atoms with van der Waals surface area (Å²) in [6.07, 6.45) is 0.525. The highest BCUT2D eigenvalue weighted by molar-refractivity contribution is 7.89. The Kier molecular flexibility index (Phi) is 4.50. The second-order valence-electron chi connectivity index (χ2n) is 4.97. The van der Waals surface area contributed by atoms with Crippen LogP contribution in [0.15, 0.2) is 17.0 Å². The van der Waals surface area contributed by atoms with Gasteiger partial charge in [-0.25, -0.2) is 22.3 Å². The molecule has 1 amide bonds. The SMILES string of the molecule is CCC(C)(C)NC(=O)c1c(F)ccc(S(N)(=O)=O)c1F. The Balaban J connectivity index is 3.35. The second kappa shape index (κ2) is 5.45. The number of halogens is 2. The third-order valence-corrected chi connectivity index (χ3v) is 3.85. The molecule has 0 saturated heterocycles. The molecule has 8 heteroatoms. The van der Waals surface area contributed by atoms with Crippen molar-refractivity contribution in [3.63, 3.8) is 0 Å². The Hall–Kier alpha value is -1.54. The van der Waals surface area contributed by atoms with Crippen LogP contribution in [0, 0.1) is 11.6 Å². The summed E-state index contributed by atoms with van der Waals surface area (Å²) >= 11 is 0. The average molecular weight is 306 g/mol. The summed E-state index contributed by atoms with van der Waals surface area (Å²) in [7, 11) is -4.38. The molecule has 0 aliphatic rings. The monoisotopic (exact) mass is 306 g/mol. The van der Waals surface area contributed by atoms with Gasteiger partial charge in [-0.05, 0) is 32.4 Å². The Morgan fingerprint density at radius 3 is 2.35 bits per heavy atom. The zero-order valence-electron chi connectivity index (χ0n) is 11.3. The van der Waals surface area contributed by atoms with E-state index in [0.29, 0.717) is 18.6 Å². The number of hydrogen-bond donors (Lipinski definition) is 2. The number of benzene rings is 1. The molecule has 1 rings (SSSR count). The van der Waals surface area contributed by atoms with Crippen molar-refractivity contribution in [2.24, 2.45) is 5.14 Å². The van der Waals surface area contributed by atoms with Crippen LogP contribution in [0.1, 0.15) is 37.6 Å². The normalized spacial score (nSPS) is 12.3. The van der Waals surface area contributed by atoms with Crippen molar-refractivity contribution < 1.29 is 22.0 Å². The number of hydrogen-bond acceptors (Lipinski definition) is 3. The Labute approximate surface area is 116 Å². The van der Waals surface area contributed by atoms with Gasteiger partial charge in [0.1, 0.15) is 16.3 Å². The van der Waals surface area contributed by atoms with Crippen LogP contribution in [0.5, 0.6) is 0 Å². The predicted molar refractivity (Wildman–Crippen MR) is 69.6 cm³/mol. The maximum Gasteiger partial charge on any atom is 0.257 e. The van der Waals surface area contributed by atoms with Crippen molar-refractivity contribution in [3.05, 3.63) is 29.3 Å². The number of sulfonamides is 1. The molecule has 0 aromatic heterocycles. The van der Waals surface area contributed by atoms with E-state index in [1.54, 1.807) is 20.8 Å². The Bertz CT molecular complexity index is 642. The summed E-state index contributed by atoms with van der Waals surface area (Å²) in [6.45, 7) is 5.13. The van der Waals surface area contributed by atoms with E-state index in [1.165, 1.54) is 0 Å². The molecule has 0 spiro atoms. The molecule has 0 bridgehead atoms. The van der Waals surface area contributed by atoms with Gasteiger partial charge in [0.05, 0.1) is 0 Å². The molecule has 0 aliphatic heterocycles. The Morgan fingerprint density at radius 2 is 1.90 bits per heavy atom. The molecule has 0 atom stereocenters. The van der Waals surface area contributed by atoms with Crippen molar-refractivity contribution in [2.75, 3.05) is 0 Å². The minimum Gasteiger partial charge on any atom is -0.347 e. The summed E-state index contributed by atoms with van der Waals surface area (Å²) in [5.41, 5.74) is -1.65. The number of amides is 1. The summed E-state index contributed by atoms with van der Waals surface area (Å²) < 4.78 is 49.9. The van der Waals surface area contributed by atoms with Crippen LogP contribution in [-0.2, 0) is 10.0 Å². The largest absolute Gasteiger partial charge is 0.347 e. The minimum absolute atomic E-state index is 0.525. The van der Waals surface area contributed by atoms with Crippen LogP contribution in [-0.4, -0.2) is 19.9 Å². The van der Waals surface area contributed by atoms with E-state index in [2.05, 4.69) is 5.32 Å². The van der Waals surface area contributed by atoms with Crippen molar-refractivity contribution in [1.82, 2.24) is 5.32 Å². The van der Waals surface area contributed by atoms with Crippen molar-refractivity contribution in [3.8, 4) is 0 Å². The molecule has 5 nitrogen and oxygen atoms in total. The number of nitrogens with one attached hydrogen (secondary N) is 1. The average Bonchev–Trinajstić information content (AvgIpc) is 2.26. The van der Waals surface area contributed by atoms with Crippen molar-refractivity contribution >= 4 is 15.9 Å². The lowest BCUT2D eigenvalue weighted by atomic mass is 10.0. The van der Waals surface area contributed by atoms with Gasteiger partial charge in [-0.3, -0.25) is 4.79 Å². The highest BCUT2D eigenvalue weighted by Gasteiger charge is 2.28. The lowest BCUT2D eigenvalue weighted by Gasteiger charge is -2.24. The van der Waals surface area contributed by atoms with E-state index >= 15 is 0 Å². The lowest BCUT2D eigenvalue weighted by molar-refractivity contribution is 0.0902. The zero-order valence-corrected chi connectivity index (χ0v) is 12.1. The third kappa shape index (κ3) is 3.51. The number of primary sulfonamides is 1. The van der Waals surface area contributed by atoms with Crippen LogP contribution in [0.2, 0.25) is 0 Å². The minimum atomic E-state index is -4.38. The third-order valence-electron chi connectivity index (χ3n) is 2.93. The van der Waals surface area contributed by atoms with E-state index in [9.17, 15) is 22.0 Å². The van der Waals surface area contributed by atoms with Gasteiger partial charge < -0.3 is 5.32 Å². The van der Waals surface area contributed by atoms with E-state index in [-0.39, 0.29) is 0 Å². The van der Waals surface area contributed by atoms with Gasteiger partial charge in [-0.15, -0.1) is 0 Å². The first-order valence-corrected chi connectivity index (χ1v) is 7.37. The fourth-order valence-electron chi connectivity index (χ4n) is 1.42. The van der Waals surface area contributed by atoms with Gasteiger partial charge in [0.15, 0.2) is 5.82 Å². The van der Waals surface area contributed by atoms with Gasteiger partial charge in [-0.2, -0.15) is 0 Å². The summed E-state index contributed by atoms with van der Waals surface area (Å²) in [4.78, 5) is 11.0. The summed E-state index contributed by atoms with van der Waals surface area (Å²) in [6, 6.07) is 1.37. The molecule has 20 heavy (non-hydrogen) atoms. The molecular weight excluding hydrogens is 290 g/mol. The highest BCUT2D eigenvalue weighted by Crippen LogP contribution is 2.21. The molecule has 0 fully saturated rings. The lowest BCUT2D eigenvalue weighted by Crippen LogP contribution is -2.43. The van der Waals surface area contributed by atoms with Crippen molar-refractivity contribution in [2.45, 2.75) is 37.6 Å². The molecule has 112 valence electrons. The topological polar surface area (TPSA) is 89.3 Å². The zero-order chi connectivity index (χ0) is 15.7. The Morgan fingerprint density at radius 1 is 1.35 bits per heavy atom. The van der Waals surface area contributed by atoms with Gasteiger partial charge in [0, 0.05) is 5.54 Å². The molecule has 0 radical (unpaired) electrons. The molecule has 0 unspecified atom stereocenters. The van der Waals surface area contributed by atoms with Crippen LogP contribution in [0.4, 0.5) is 8.78 Å². The van der Waals surface area contributed by atoms with Crippen LogP contribution < -0.4 is 10.5 Å². The fourth-order valence-corrected chi connectivity index (χ4v) is 2.03. The van der Waals surface area contributed by atoms with Gasteiger partial charge in [0.2, 0.25) is 10.0 Å². The molecule has 0 aliphatic carbocycles. The van der Waals surface area contributed by atoms with E-state index < -0.39 is 43.6 Å². The fraction of sp³-hybridized carbons (Fsp3) is 0.417. The molecule has 1 aromatic rings. The first kappa shape index (κ1) is 16.5. The highest BCUT2D eigenvalue weighted by atomic mass is 32.2. The van der Waals surface area contributed by atoms with Gasteiger partial charge in [-0.1, -0.05) is 6.92 Å². The maximum atomic E-state index is 14.0. The second-order valence-corrected chi connectivity index (χ2v) is 6.50. The summed E-state index contributed by atoms with van der Waals surface area (Å²) in [5, 5.41) is 7.24. The van der Waals surface area contributed by atoms with Crippen LogP contribution in [0.3, 0.4) is 0 Å². The molecule has 0 heterocycles. The number of rotatable bonds is 4. The molecular formula is C12H16F2N2O3S. The standard InChI is InChI=1S/C12H16F2N2O3S/c1-4-12(2,3)16-11(17)9-7(13)5-6-8(10(9)14)20(15,18)19/h5-6H,4H2,1-3H3,(H,16,17)(H2,15,18,19). The van der Waals surface area contributed by atoms with Crippen LogP contribution in [0.25, 0.3) is 0 Å². The molecule has 1 aromatic carbocycles. The summed E-state index contributed by atoms with van der Waals surface area (Å²) in [5.74, 6) is -3.67. The smallest absolute Gasteiger partial charge is 0.257 e. The number of carbonyl (C=O) groups excluding carboxylic acids is 1. The van der Waals surface area contributed by atoms with E-state index in [0.717, 1.165) is 0 Å². The first-order valence-electron chi connectivity index (χ1n) is 5.83. The van der Waals surface area contributed by atoms with Gasteiger partial charge in [0.25, 0.3) is 5.91 Å². The van der Waals surface area contributed by atoms with Crippen LogP contribution >= 0.6 is 0 Å². The van der Waals surface area contributed by atoms with Gasteiger partial charge >= 0.3 is 0 Å². The number of nitrogens with two attached hydrogens (primary N) is 1. The molecule has 0 saturated carbocycles. The van der Waals surface area contributed by atoms with E-state index in [1.807, 2.05) is 0 Å². The molecule has 3 N–H and O–H groups in total. The van der Waals surface area contributed by atoms with Crippen molar-refractivity contribution in [1.29, 1.82) is 0 Å². The maximum absolute atomic E-state index is 14.0. The quantitative estimate of drug-likeness (QED) is 0.884. The van der Waals surface area contributed by atoms with E-state index in [4.69, 9.17) is 5.14 Å². The predicted octanol–water partition coefficient (Wildman–Crippen LogP) is 1.53.